The first kappa shape index (κ1) is 7.79. The van der Waals surface area contributed by atoms with E-state index in [1.54, 1.807) is 0 Å². The molecule has 4 heteroatoms. The van der Waals surface area contributed by atoms with Gasteiger partial charge in [-0.25, -0.2) is 9.97 Å². The van der Waals surface area contributed by atoms with Crippen LogP contribution in [0.1, 0.15) is 30.3 Å². The molecular formula is C10H11N3O. The summed E-state index contributed by atoms with van der Waals surface area (Å²) >= 11 is 0. The standard InChI is InChI=1S/C10H11N3O/c1-5-12-8-4-7(11)9(6-2-3-6)13-10(8)14-5/h4,6H,2-3,11H2,1H3. The zero-order valence-corrected chi connectivity index (χ0v) is 7.95. The van der Waals surface area contributed by atoms with E-state index in [-0.39, 0.29) is 0 Å². The van der Waals surface area contributed by atoms with Crippen molar-refractivity contribution in [2.24, 2.45) is 0 Å². The lowest BCUT2D eigenvalue weighted by atomic mass is 10.2. The number of anilines is 1. The first-order valence-electron chi connectivity index (χ1n) is 4.77. The molecular weight excluding hydrogens is 178 g/mol. The van der Waals surface area contributed by atoms with Crippen LogP contribution in [0.2, 0.25) is 0 Å². The number of rotatable bonds is 1. The van der Waals surface area contributed by atoms with Crippen LogP contribution in [0.5, 0.6) is 0 Å². The van der Waals surface area contributed by atoms with E-state index >= 15 is 0 Å². The molecule has 0 saturated heterocycles. The first-order valence-corrected chi connectivity index (χ1v) is 4.77. The molecule has 3 rings (SSSR count). The molecule has 0 aliphatic heterocycles. The van der Waals surface area contributed by atoms with Gasteiger partial charge >= 0.3 is 0 Å². The molecule has 1 saturated carbocycles. The molecule has 0 spiro atoms. The maximum Gasteiger partial charge on any atom is 0.247 e. The average Bonchev–Trinajstić information content (AvgIpc) is 2.88. The predicted octanol–water partition coefficient (Wildman–Crippen LogP) is 1.99. The number of nitrogens with two attached hydrogens (primary N) is 1. The van der Waals surface area contributed by atoms with E-state index in [0.29, 0.717) is 17.5 Å². The summed E-state index contributed by atoms with van der Waals surface area (Å²) in [5.41, 5.74) is 8.98. The summed E-state index contributed by atoms with van der Waals surface area (Å²) < 4.78 is 5.36. The van der Waals surface area contributed by atoms with Crippen LogP contribution in [0.4, 0.5) is 5.69 Å². The van der Waals surface area contributed by atoms with Crippen molar-refractivity contribution < 1.29 is 4.42 Å². The molecule has 2 heterocycles. The summed E-state index contributed by atoms with van der Waals surface area (Å²) in [7, 11) is 0. The average molecular weight is 189 g/mol. The van der Waals surface area contributed by atoms with Crippen molar-refractivity contribution in [1.29, 1.82) is 0 Å². The molecule has 1 aliphatic rings. The smallest absolute Gasteiger partial charge is 0.247 e. The van der Waals surface area contributed by atoms with Gasteiger partial charge < -0.3 is 10.2 Å². The largest absolute Gasteiger partial charge is 0.423 e. The number of pyridine rings is 1. The molecule has 1 fully saturated rings. The van der Waals surface area contributed by atoms with Gasteiger partial charge in [0.2, 0.25) is 5.71 Å². The lowest BCUT2D eigenvalue weighted by Gasteiger charge is -2.00. The zero-order valence-electron chi connectivity index (χ0n) is 7.95. The highest BCUT2D eigenvalue weighted by Crippen LogP contribution is 2.42. The Morgan fingerprint density at radius 1 is 1.43 bits per heavy atom. The van der Waals surface area contributed by atoms with Gasteiger partial charge in [0.15, 0.2) is 5.89 Å². The van der Waals surface area contributed by atoms with Gasteiger partial charge in [-0.3, -0.25) is 0 Å². The summed E-state index contributed by atoms with van der Waals surface area (Å²) in [5.74, 6) is 1.18. The molecule has 0 amide bonds. The van der Waals surface area contributed by atoms with Crippen molar-refractivity contribution in [3.05, 3.63) is 17.7 Å². The van der Waals surface area contributed by atoms with Crippen LogP contribution in [0.25, 0.3) is 11.2 Å². The highest BCUT2D eigenvalue weighted by molar-refractivity contribution is 5.74. The molecule has 0 unspecified atom stereocenters. The van der Waals surface area contributed by atoms with Crippen LogP contribution >= 0.6 is 0 Å². The molecule has 14 heavy (non-hydrogen) atoms. The number of hydrogen-bond donors (Lipinski definition) is 1. The summed E-state index contributed by atoms with van der Waals surface area (Å²) in [6, 6.07) is 1.85. The number of oxazole rings is 1. The van der Waals surface area contributed by atoms with E-state index in [9.17, 15) is 0 Å². The van der Waals surface area contributed by atoms with E-state index in [1.807, 2.05) is 13.0 Å². The van der Waals surface area contributed by atoms with Crippen LogP contribution in [0.15, 0.2) is 10.5 Å². The van der Waals surface area contributed by atoms with Crippen molar-refractivity contribution in [2.75, 3.05) is 5.73 Å². The van der Waals surface area contributed by atoms with E-state index < -0.39 is 0 Å². The van der Waals surface area contributed by atoms with E-state index in [0.717, 1.165) is 16.9 Å². The first-order chi connectivity index (χ1) is 6.74. The van der Waals surface area contributed by atoms with Crippen molar-refractivity contribution in [1.82, 2.24) is 9.97 Å². The molecule has 0 radical (unpaired) electrons. The Labute approximate surface area is 81.1 Å². The van der Waals surface area contributed by atoms with Crippen molar-refractivity contribution in [3.63, 3.8) is 0 Å². The Bertz CT molecular complexity index is 499. The minimum absolute atomic E-state index is 0.546. The van der Waals surface area contributed by atoms with Gasteiger partial charge in [0.1, 0.15) is 5.52 Å². The third kappa shape index (κ3) is 1.07. The molecule has 2 aromatic rings. The van der Waals surface area contributed by atoms with Gasteiger partial charge in [-0.05, 0) is 18.9 Å². The Kier molecular flexibility index (Phi) is 1.37. The Morgan fingerprint density at radius 2 is 2.21 bits per heavy atom. The minimum Gasteiger partial charge on any atom is -0.423 e. The number of aromatic nitrogens is 2. The second kappa shape index (κ2) is 2.47. The number of hydrogen-bond acceptors (Lipinski definition) is 4. The van der Waals surface area contributed by atoms with E-state index in [4.69, 9.17) is 10.2 Å². The number of aryl methyl sites for hydroxylation is 1. The monoisotopic (exact) mass is 189 g/mol. The number of fused-ring (bicyclic) bond motifs is 1. The minimum atomic E-state index is 0.546. The number of nitrogens with zero attached hydrogens (tertiary/aromatic N) is 2. The number of nitrogen functional groups attached to an aromatic ring is 1. The van der Waals surface area contributed by atoms with Gasteiger partial charge in [-0.1, -0.05) is 0 Å². The molecule has 2 N–H and O–H groups in total. The quantitative estimate of drug-likeness (QED) is 0.745. The van der Waals surface area contributed by atoms with Gasteiger partial charge in [0.25, 0.3) is 0 Å². The third-order valence-corrected chi connectivity index (χ3v) is 2.52. The second-order valence-electron chi connectivity index (χ2n) is 3.79. The maximum absolute atomic E-state index is 5.89. The SMILES string of the molecule is Cc1nc2cc(N)c(C3CC3)nc2o1. The second-order valence-corrected chi connectivity index (χ2v) is 3.79. The topological polar surface area (TPSA) is 64.9 Å². The van der Waals surface area contributed by atoms with E-state index in [1.165, 1.54) is 12.8 Å². The summed E-state index contributed by atoms with van der Waals surface area (Å²) in [4.78, 5) is 8.59. The fraction of sp³-hybridized carbons (Fsp3) is 0.400. The third-order valence-electron chi connectivity index (χ3n) is 2.52. The summed E-state index contributed by atoms with van der Waals surface area (Å²) in [6.07, 6.45) is 2.38. The van der Waals surface area contributed by atoms with Crippen LogP contribution in [0.3, 0.4) is 0 Å². The van der Waals surface area contributed by atoms with Crippen LogP contribution in [-0.4, -0.2) is 9.97 Å². The lowest BCUT2D eigenvalue weighted by Crippen LogP contribution is -1.95. The van der Waals surface area contributed by atoms with Gasteiger partial charge in [0.05, 0.1) is 11.4 Å². The van der Waals surface area contributed by atoms with Gasteiger partial charge in [-0.15, -0.1) is 0 Å². The maximum atomic E-state index is 5.89. The molecule has 1 aliphatic carbocycles. The molecule has 0 atom stereocenters. The zero-order chi connectivity index (χ0) is 9.71. The van der Waals surface area contributed by atoms with Crippen LogP contribution < -0.4 is 5.73 Å². The predicted molar refractivity (Wildman–Crippen MR) is 52.9 cm³/mol. The molecule has 4 nitrogen and oxygen atoms in total. The van der Waals surface area contributed by atoms with Crippen molar-refractivity contribution >= 4 is 16.9 Å². The fourth-order valence-corrected chi connectivity index (χ4v) is 1.69. The fourth-order valence-electron chi connectivity index (χ4n) is 1.69. The highest BCUT2D eigenvalue weighted by atomic mass is 16.4. The summed E-state index contributed by atoms with van der Waals surface area (Å²) in [6.45, 7) is 1.81. The van der Waals surface area contributed by atoms with Crippen molar-refractivity contribution in [2.45, 2.75) is 25.7 Å². The van der Waals surface area contributed by atoms with Crippen LogP contribution in [0, 0.1) is 6.92 Å². The highest BCUT2D eigenvalue weighted by Gasteiger charge is 2.28. The van der Waals surface area contributed by atoms with Crippen molar-refractivity contribution in [3.8, 4) is 0 Å². The summed E-state index contributed by atoms with van der Waals surface area (Å²) in [5, 5.41) is 0. The molecule has 0 bridgehead atoms. The molecule has 0 aromatic carbocycles. The normalized spacial score (nSPS) is 16.4. The van der Waals surface area contributed by atoms with Gasteiger partial charge in [-0.2, -0.15) is 0 Å². The van der Waals surface area contributed by atoms with E-state index in [2.05, 4.69) is 9.97 Å². The Morgan fingerprint density at radius 3 is 2.93 bits per heavy atom. The van der Waals surface area contributed by atoms with Gasteiger partial charge in [0, 0.05) is 12.8 Å². The molecule has 72 valence electrons. The van der Waals surface area contributed by atoms with Crippen LogP contribution in [-0.2, 0) is 0 Å². The Hall–Kier alpha value is -1.58. The lowest BCUT2D eigenvalue weighted by molar-refractivity contribution is 0.550. The Balaban J connectivity index is 2.25. The molecule has 2 aromatic heterocycles.